The second kappa shape index (κ2) is 10.2. The third kappa shape index (κ3) is 4.86. The van der Waals surface area contributed by atoms with E-state index in [0.29, 0.717) is 28.5 Å². The van der Waals surface area contributed by atoms with Gasteiger partial charge in [-0.05, 0) is 60.0 Å². The van der Waals surface area contributed by atoms with Crippen LogP contribution >= 0.6 is 11.6 Å². The highest BCUT2D eigenvalue weighted by atomic mass is 35.5. The lowest BCUT2D eigenvalue weighted by atomic mass is 9.94. The number of aliphatic hydroxyl groups is 1. The first-order valence-corrected chi connectivity index (χ1v) is 11.2. The molecule has 3 aromatic carbocycles. The molecule has 0 aromatic heterocycles. The smallest absolute Gasteiger partial charge is 0.295 e. The van der Waals surface area contributed by atoms with Crippen molar-refractivity contribution in [2.45, 2.75) is 12.5 Å². The number of likely N-dealkylation sites (tertiary alicyclic amines) is 1. The molecule has 35 heavy (non-hydrogen) atoms. The normalized spacial score (nSPS) is 17.0. The third-order valence-electron chi connectivity index (χ3n) is 5.94. The van der Waals surface area contributed by atoms with E-state index in [1.807, 2.05) is 0 Å². The second-order valence-electron chi connectivity index (χ2n) is 7.99. The molecule has 0 spiro atoms. The van der Waals surface area contributed by atoms with E-state index in [-0.39, 0.29) is 29.3 Å². The lowest BCUT2D eigenvalue weighted by Gasteiger charge is -2.25. The van der Waals surface area contributed by atoms with Crippen LogP contribution in [0.4, 0.5) is 4.39 Å². The lowest BCUT2D eigenvalue weighted by molar-refractivity contribution is -0.139. The van der Waals surface area contributed by atoms with Crippen molar-refractivity contribution in [1.82, 2.24) is 4.90 Å². The van der Waals surface area contributed by atoms with Crippen LogP contribution in [-0.4, -0.2) is 42.5 Å². The molecule has 0 bridgehead atoms. The van der Waals surface area contributed by atoms with Crippen LogP contribution in [0.5, 0.6) is 11.5 Å². The van der Waals surface area contributed by atoms with E-state index in [2.05, 4.69) is 0 Å². The molecule has 8 heteroatoms. The van der Waals surface area contributed by atoms with Gasteiger partial charge in [0.2, 0.25) is 0 Å². The molecular formula is C27H23ClFNO5. The van der Waals surface area contributed by atoms with Gasteiger partial charge in [0.1, 0.15) is 23.1 Å². The quantitative estimate of drug-likeness (QED) is 0.278. The van der Waals surface area contributed by atoms with Crippen molar-refractivity contribution in [3.63, 3.8) is 0 Å². The van der Waals surface area contributed by atoms with Gasteiger partial charge in [-0.1, -0.05) is 35.9 Å². The Morgan fingerprint density at radius 2 is 1.69 bits per heavy atom. The molecule has 1 fully saturated rings. The molecule has 1 aliphatic rings. The molecule has 1 N–H and O–H groups in total. The van der Waals surface area contributed by atoms with Crippen molar-refractivity contribution in [3.8, 4) is 11.5 Å². The second-order valence-corrected chi connectivity index (χ2v) is 8.42. The number of halogens is 2. The van der Waals surface area contributed by atoms with Crippen LogP contribution in [0.3, 0.4) is 0 Å². The number of nitrogens with zero attached hydrogens (tertiary/aromatic N) is 1. The fourth-order valence-electron chi connectivity index (χ4n) is 4.15. The van der Waals surface area contributed by atoms with E-state index in [4.69, 9.17) is 21.1 Å². The molecule has 6 nitrogen and oxygen atoms in total. The van der Waals surface area contributed by atoms with Gasteiger partial charge in [0.15, 0.2) is 0 Å². The summed E-state index contributed by atoms with van der Waals surface area (Å²) in [5, 5.41) is 11.8. The summed E-state index contributed by atoms with van der Waals surface area (Å²) in [5.41, 5.74) is 1.57. The number of hydrogen-bond donors (Lipinski definition) is 1. The molecule has 0 aliphatic carbocycles. The van der Waals surface area contributed by atoms with Gasteiger partial charge in [-0.2, -0.15) is 0 Å². The number of Topliss-reactive ketones (excluding diaryl/α,β-unsaturated/α-hetero) is 1. The Morgan fingerprint density at radius 1 is 1.00 bits per heavy atom. The first-order valence-electron chi connectivity index (χ1n) is 10.8. The molecule has 1 unspecified atom stereocenters. The lowest BCUT2D eigenvalue weighted by Crippen LogP contribution is -2.31. The van der Waals surface area contributed by atoms with Crippen molar-refractivity contribution in [3.05, 3.63) is 99.8 Å². The number of hydrogen-bond acceptors (Lipinski definition) is 5. The molecule has 1 amide bonds. The summed E-state index contributed by atoms with van der Waals surface area (Å²) in [6.45, 7) is 0.176. The van der Waals surface area contributed by atoms with Crippen LogP contribution in [0.1, 0.15) is 22.7 Å². The van der Waals surface area contributed by atoms with Crippen molar-refractivity contribution in [2.75, 3.05) is 20.8 Å². The average molecular weight is 496 g/mol. The Hall–Kier alpha value is -3.84. The minimum Gasteiger partial charge on any atom is -0.507 e. The van der Waals surface area contributed by atoms with Crippen LogP contribution < -0.4 is 9.47 Å². The van der Waals surface area contributed by atoms with Gasteiger partial charge >= 0.3 is 0 Å². The Bertz CT molecular complexity index is 1290. The Kier molecular flexibility index (Phi) is 7.07. The first kappa shape index (κ1) is 24.3. The number of ether oxygens (including phenoxy) is 2. The Balaban J connectivity index is 1.82. The topological polar surface area (TPSA) is 76.1 Å². The maximum Gasteiger partial charge on any atom is 0.295 e. The first-order chi connectivity index (χ1) is 16.8. The fourth-order valence-corrected chi connectivity index (χ4v) is 4.27. The standard InChI is InChI=1S/C27H23ClFNO5/c1-34-20-11-12-22(35-2)21(15-20)25(31)23-24(17-5-7-18(28)8-6-17)30(27(33)26(23)32)14-13-16-3-9-19(29)10-4-16/h3-12,15,24,31H,13-14H2,1-2H3/b25-23+. The minimum absolute atomic E-state index is 0.0667. The van der Waals surface area contributed by atoms with Crippen molar-refractivity contribution in [2.24, 2.45) is 0 Å². The van der Waals surface area contributed by atoms with Crippen LogP contribution in [0.15, 0.2) is 72.3 Å². The van der Waals surface area contributed by atoms with Gasteiger partial charge in [0.25, 0.3) is 11.7 Å². The van der Waals surface area contributed by atoms with Gasteiger partial charge in [-0.25, -0.2) is 4.39 Å². The maximum atomic E-state index is 13.3. The van der Waals surface area contributed by atoms with Gasteiger partial charge in [-0.15, -0.1) is 0 Å². The van der Waals surface area contributed by atoms with Gasteiger partial charge in [0.05, 0.1) is 31.4 Å². The van der Waals surface area contributed by atoms with E-state index >= 15 is 0 Å². The molecule has 0 saturated carbocycles. The summed E-state index contributed by atoms with van der Waals surface area (Å²) in [4.78, 5) is 27.8. The van der Waals surface area contributed by atoms with Crippen molar-refractivity contribution >= 4 is 29.1 Å². The predicted octanol–water partition coefficient (Wildman–Crippen LogP) is 5.16. The molecule has 1 atom stereocenters. The number of ketones is 1. The number of amides is 1. The minimum atomic E-state index is -0.858. The zero-order valence-electron chi connectivity index (χ0n) is 19.1. The largest absolute Gasteiger partial charge is 0.507 e. The van der Waals surface area contributed by atoms with Crippen LogP contribution in [0.25, 0.3) is 5.76 Å². The molecular weight excluding hydrogens is 473 g/mol. The Labute approximate surface area is 207 Å². The molecule has 1 saturated heterocycles. The molecule has 0 radical (unpaired) electrons. The van der Waals surface area contributed by atoms with Crippen molar-refractivity contribution < 1.29 is 28.6 Å². The average Bonchev–Trinajstić information content (AvgIpc) is 3.13. The SMILES string of the molecule is COc1ccc(OC)c(/C(O)=C2\C(=O)C(=O)N(CCc3ccc(F)cc3)C2c2ccc(Cl)cc2)c1. The number of methoxy groups -OCH3 is 2. The van der Waals surface area contributed by atoms with E-state index in [9.17, 15) is 19.1 Å². The highest BCUT2D eigenvalue weighted by molar-refractivity contribution is 6.46. The van der Waals surface area contributed by atoms with E-state index < -0.39 is 17.7 Å². The summed E-state index contributed by atoms with van der Waals surface area (Å²) in [7, 11) is 2.92. The molecule has 180 valence electrons. The van der Waals surface area contributed by atoms with E-state index in [1.165, 1.54) is 31.3 Å². The van der Waals surface area contributed by atoms with E-state index in [0.717, 1.165) is 5.56 Å². The van der Waals surface area contributed by atoms with Gasteiger partial charge in [-0.3, -0.25) is 9.59 Å². The van der Waals surface area contributed by atoms with Crippen molar-refractivity contribution in [1.29, 1.82) is 0 Å². The molecule has 4 rings (SSSR count). The summed E-state index contributed by atoms with van der Waals surface area (Å²) < 4.78 is 23.9. The zero-order chi connectivity index (χ0) is 25.1. The monoisotopic (exact) mass is 495 g/mol. The summed E-state index contributed by atoms with van der Waals surface area (Å²) >= 11 is 6.06. The number of carbonyl (C=O) groups excluding carboxylic acids is 2. The van der Waals surface area contributed by atoms with Gasteiger partial charge < -0.3 is 19.5 Å². The summed E-state index contributed by atoms with van der Waals surface area (Å²) in [5.74, 6) is -1.52. The Morgan fingerprint density at radius 3 is 2.31 bits per heavy atom. The third-order valence-corrected chi connectivity index (χ3v) is 6.19. The molecule has 3 aromatic rings. The number of benzene rings is 3. The van der Waals surface area contributed by atoms with E-state index in [1.54, 1.807) is 54.6 Å². The highest BCUT2D eigenvalue weighted by Crippen LogP contribution is 2.41. The molecule has 1 heterocycles. The summed E-state index contributed by atoms with van der Waals surface area (Å²) in [6.07, 6.45) is 0.389. The van der Waals surface area contributed by atoms with Crippen LogP contribution in [-0.2, 0) is 16.0 Å². The number of aliphatic hydroxyl groups excluding tert-OH is 1. The summed E-state index contributed by atoms with van der Waals surface area (Å²) in [6, 6.07) is 16.6. The van der Waals surface area contributed by atoms with Crippen LogP contribution in [0.2, 0.25) is 5.02 Å². The predicted molar refractivity (Wildman–Crippen MR) is 130 cm³/mol. The fraction of sp³-hybridized carbons (Fsp3) is 0.185. The zero-order valence-corrected chi connectivity index (χ0v) is 19.9. The van der Waals surface area contributed by atoms with Gasteiger partial charge in [0, 0.05) is 11.6 Å². The maximum absolute atomic E-state index is 13.3. The number of carbonyl (C=O) groups is 2. The van der Waals surface area contributed by atoms with Crippen LogP contribution in [0, 0.1) is 5.82 Å². The molecule has 1 aliphatic heterocycles. The number of rotatable bonds is 7. The highest BCUT2D eigenvalue weighted by Gasteiger charge is 2.46.